The lowest BCUT2D eigenvalue weighted by atomic mass is 9.91. The van der Waals surface area contributed by atoms with Gasteiger partial charge in [0.1, 0.15) is 0 Å². The predicted molar refractivity (Wildman–Crippen MR) is 99.3 cm³/mol. The van der Waals surface area contributed by atoms with E-state index in [0.29, 0.717) is 12.3 Å². The van der Waals surface area contributed by atoms with Crippen LogP contribution in [0.25, 0.3) is 0 Å². The highest BCUT2D eigenvalue weighted by Gasteiger charge is 2.15. The van der Waals surface area contributed by atoms with Crippen molar-refractivity contribution in [1.29, 1.82) is 5.41 Å². The largest absolute Gasteiger partial charge is 0.388 e. The Labute approximate surface area is 145 Å². The van der Waals surface area contributed by atoms with Crippen LogP contribution in [0.5, 0.6) is 0 Å². The van der Waals surface area contributed by atoms with Crippen molar-refractivity contribution in [3.63, 3.8) is 0 Å². The van der Waals surface area contributed by atoms with Gasteiger partial charge in [0.2, 0.25) is 0 Å². The molecule has 3 nitrogen and oxygen atoms in total. The number of nitrogens with one attached hydrogen (secondary N) is 1. The lowest BCUT2D eigenvalue weighted by molar-refractivity contribution is 0.182. The lowest BCUT2D eigenvalue weighted by Gasteiger charge is -2.22. The van der Waals surface area contributed by atoms with Gasteiger partial charge in [-0.2, -0.15) is 0 Å². The molecule has 2 rings (SSSR count). The van der Waals surface area contributed by atoms with E-state index in [-0.39, 0.29) is 0 Å². The lowest BCUT2D eigenvalue weighted by Crippen LogP contribution is -2.27. The van der Waals surface area contributed by atoms with Crippen LogP contribution in [0, 0.1) is 11.3 Å². The van der Waals surface area contributed by atoms with E-state index in [1.165, 1.54) is 42.8 Å². The molecule has 0 radical (unpaired) electrons. The van der Waals surface area contributed by atoms with Gasteiger partial charge in [0, 0.05) is 30.7 Å². The number of amidine groups is 1. The third-order valence-electron chi connectivity index (χ3n) is 4.78. The fourth-order valence-electron chi connectivity index (χ4n) is 3.03. The molecule has 0 bridgehead atoms. The van der Waals surface area contributed by atoms with Gasteiger partial charge in [-0.3, -0.25) is 5.41 Å². The Balaban J connectivity index is 1.89. The molecule has 1 aliphatic rings. The summed E-state index contributed by atoms with van der Waals surface area (Å²) in [5.74, 6) is 2.53. The summed E-state index contributed by atoms with van der Waals surface area (Å²) in [6.07, 6.45) is 6.70. The van der Waals surface area contributed by atoms with E-state index in [1.807, 2.05) is 42.8 Å². The fraction of sp³-hybridized carbons (Fsp3) is 0.632. The second-order valence-electron chi connectivity index (χ2n) is 6.57. The van der Waals surface area contributed by atoms with Gasteiger partial charge in [-0.05, 0) is 43.4 Å². The number of nitrogens with zero attached hydrogens (tertiary/aromatic N) is 1. The molecule has 128 valence electrons. The molecule has 1 aromatic carbocycles. The molecule has 0 heterocycles. The van der Waals surface area contributed by atoms with Gasteiger partial charge in [0.05, 0.1) is 11.9 Å². The Morgan fingerprint density at radius 2 is 2.09 bits per heavy atom. The number of hydrogen-bond donors (Lipinski definition) is 2. The summed E-state index contributed by atoms with van der Waals surface area (Å²) < 4.78 is 0. The second kappa shape index (κ2) is 9.33. The number of thioether (sulfide) groups is 1. The highest BCUT2D eigenvalue weighted by molar-refractivity contribution is 7.99. The van der Waals surface area contributed by atoms with Crippen LogP contribution in [0.2, 0.25) is 0 Å². The van der Waals surface area contributed by atoms with Crippen LogP contribution >= 0.6 is 11.8 Å². The summed E-state index contributed by atoms with van der Waals surface area (Å²) >= 11 is 1.91. The molecule has 0 aliphatic heterocycles. The van der Waals surface area contributed by atoms with Crippen molar-refractivity contribution in [2.75, 3.05) is 19.3 Å². The smallest absolute Gasteiger partial charge is 0.0984 e. The molecule has 0 saturated heterocycles. The quantitative estimate of drug-likeness (QED) is 0.431. The van der Waals surface area contributed by atoms with E-state index in [9.17, 15) is 5.11 Å². The predicted octanol–water partition coefficient (Wildman–Crippen LogP) is 4.71. The molecule has 0 amide bonds. The first kappa shape index (κ1) is 18.3. The fourth-order valence-corrected chi connectivity index (χ4v) is 4.18. The van der Waals surface area contributed by atoms with Crippen molar-refractivity contribution in [3.05, 3.63) is 29.8 Å². The Hall–Kier alpha value is -1.00. The zero-order valence-electron chi connectivity index (χ0n) is 14.4. The van der Waals surface area contributed by atoms with Crippen LogP contribution < -0.4 is 0 Å². The summed E-state index contributed by atoms with van der Waals surface area (Å²) in [6, 6.07) is 8.22. The van der Waals surface area contributed by atoms with E-state index < -0.39 is 6.10 Å². The van der Waals surface area contributed by atoms with Gasteiger partial charge in [-0.1, -0.05) is 31.4 Å². The number of hydrogen-bond acceptors (Lipinski definition) is 3. The van der Waals surface area contributed by atoms with Gasteiger partial charge in [0.25, 0.3) is 0 Å². The molecule has 23 heavy (non-hydrogen) atoms. The molecule has 1 fully saturated rings. The van der Waals surface area contributed by atoms with Crippen LogP contribution in [0.4, 0.5) is 0 Å². The average Bonchev–Trinajstić information content (AvgIpc) is 2.60. The van der Waals surface area contributed by atoms with E-state index in [1.54, 1.807) is 0 Å². The molecule has 0 spiro atoms. The molecule has 4 heteroatoms. The molecule has 1 saturated carbocycles. The Morgan fingerprint density at radius 1 is 1.35 bits per heavy atom. The third kappa shape index (κ3) is 5.85. The van der Waals surface area contributed by atoms with Gasteiger partial charge in [-0.25, -0.2) is 0 Å². The Bertz CT molecular complexity index is 500. The zero-order valence-corrected chi connectivity index (χ0v) is 15.2. The minimum atomic E-state index is -0.591. The van der Waals surface area contributed by atoms with Gasteiger partial charge in [-0.15, -0.1) is 11.8 Å². The van der Waals surface area contributed by atoms with E-state index in [2.05, 4.69) is 12.1 Å². The van der Waals surface area contributed by atoms with Crippen molar-refractivity contribution >= 4 is 17.6 Å². The Morgan fingerprint density at radius 3 is 2.78 bits per heavy atom. The van der Waals surface area contributed by atoms with Crippen LogP contribution in [0.1, 0.15) is 57.1 Å². The SMILES string of the molecule is CCN(C)C(=N)CC(O)c1cccc(SCC2CCCCC2)c1. The van der Waals surface area contributed by atoms with Crippen LogP contribution in [-0.4, -0.2) is 35.2 Å². The van der Waals surface area contributed by atoms with Crippen molar-refractivity contribution < 1.29 is 5.11 Å². The monoisotopic (exact) mass is 334 g/mol. The van der Waals surface area contributed by atoms with Gasteiger partial charge < -0.3 is 10.0 Å². The minimum Gasteiger partial charge on any atom is -0.388 e. The maximum Gasteiger partial charge on any atom is 0.0984 e. The van der Waals surface area contributed by atoms with Crippen molar-refractivity contribution in [2.45, 2.75) is 56.4 Å². The van der Waals surface area contributed by atoms with Crippen LogP contribution in [0.3, 0.4) is 0 Å². The number of aliphatic hydroxyl groups excluding tert-OH is 1. The van der Waals surface area contributed by atoms with Gasteiger partial charge in [0.15, 0.2) is 0 Å². The van der Waals surface area contributed by atoms with Crippen LogP contribution in [-0.2, 0) is 0 Å². The standard InChI is InChI=1S/C19H30N2OS/c1-3-21(2)19(20)13-18(22)16-10-7-11-17(12-16)23-14-15-8-5-4-6-9-15/h7,10-12,15,18,20,22H,3-6,8-9,13-14H2,1-2H3. The Kier molecular flexibility index (Phi) is 7.44. The van der Waals surface area contributed by atoms with Crippen molar-refractivity contribution in [1.82, 2.24) is 4.90 Å². The van der Waals surface area contributed by atoms with E-state index in [4.69, 9.17) is 5.41 Å². The maximum atomic E-state index is 10.4. The molecular formula is C19H30N2OS. The summed E-state index contributed by atoms with van der Waals surface area (Å²) in [5.41, 5.74) is 0.924. The van der Waals surface area contributed by atoms with E-state index in [0.717, 1.165) is 18.0 Å². The molecule has 2 N–H and O–H groups in total. The molecule has 1 atom stereocenters. The van der Waals surface area contributed by atoms with Crippen molar-refractivity contribution in [2.24, 2.45) is 5.92 Å². The highest BCUT2D eigenvalue weighted by atomic mass is 32.2. The normalized spacial score (nSPS) is 17.0. The van der Waals surface area contributed by atoms with Crippen molar-refractivity contribution in [3.8, 4) is 0 Å². The maximum absolute atomic E-state index is 10.4. The first-order valence-electron chi connectivity index (χ1n) is 8.79. The first-order valence-corrected chi connectivity index (χ1v) is 9.78. The van der Waals surface area contributed by atoms with Crippen LogP contribution in [0.15, 0.2) is 29.2 Å². The minimum absolute atomic E-state index is 0.376. The topological polar surface area (TPSA) is 47.3 Å². The number of aliphatic hydroxyl groups is 1. The summed E-state index contributed by atoms with van der Waals surface area (Å²) in [4.78, 5) is 3.10. The summed E-state index contributed by atoms with van der Waals surface area (Å²) in [7, 11) is 1.89. The summed E-state index contributed by atoms with van der Waals surface area (Å²) in [6.45, 7) is 2.81. The molecule has 1 unspecified atom stereocenters. The average molecular weight is 335 g/mol. The second-order valence-corrected chi connectivity index (χ2v) is 7.66. The molecular weight excluding hydrogens is 304 g/mol. The molecule has 1 aliphatic carbocycles. The first-order chi connectivity index (χ1) is 11.1. The zero-order chi connectivity index (χ0) is 16.7. The third-order valence-corrected chi connectivity index (χ3v) is 6.00. The number of rotatable bonds is 7. The van der Waals surface area contributed by atoms with Gasteiger partial charge >= 0.3 is 0 Å². The number of benzene rings is 1. The summed E-state index contributed by atoms with van der Waals surface area (Å²) in [5, 5.41) is 18.4. The molecule has 0 aromatic heterocycles. The van der Waals surface area contributed by atoms with E-state index >= 15 is 0 Å². The molecule has 1 aromatic rings. The highest BCUT2D eigenvalue weighted by Crippen LogP contribution is 2.31.